The molecule has 0 atom stereocenters. The molecule has 7 heteroatoms. The van der Waals surface area contributed by atoms with Crippen molar-refractivity contribution in [3.05, 3.63) is 0 Å². The lowest BCUT2D eigenvalue weighted by Crippen LogP contribution is -2.48. The van der Waals surface area contributed by atoms with Crippen LogP contribution in [0.25, 0.3) is 0 Å². The number of amides is 2. The van der Waals surface area contributed by atoms with E-state index >= 15 is 0 Å². The third-order valence-corrected chi connectivity index (χ3v) is 2.86. The minimum Gasteiger partial charge on any atom is -0.480 e. The zero-order valence-electron chi connectivity index (χ0n) is 11.0. The predicted molar refractivity (Wildman–Crippen MR) is 66.8 cm³/mol. The molecule has 0 heterocycles. The third-order valence-electron chi connectivity index (χ3n) is 2.86. The molecule has 108 valence electrons. The lowest BCUT2D eigenvalue weighted by Gasteiger charge is -2.28. The van der Waals surface area contributed by atoms with Crippen LogP contribution in [0, 0.1) is 5.92 Å². The summed E-state index contributed by atoms with van der Waals surface area (Å²) in [5.74, 6) is -1.94. The number of carbonyl (C=O) groups excluding carboxylic acids is 1. The summed E-state index contributed by atoms with van der Waals surface area (Å²) in [5, 5.41) is 17.5. The fourth-order valence-corrected chi connectivity index (χ4v) is 1.86. The average Bonchev–Trinajstić information content (AvgIpc) is 3.09. The number of rotatable bonds is 8. The normalized spacial score (nSPS) is 13.9. The number of carboxylic acids is 2. The second kappa shape index (κ2) is 6.96. The van der Waals surface area contributed by atoms with Crippen molar-refractivity contribution in [2.24, 2.45) is 5.92 Å². The molecule has 0 spiro atoms. The maximum atomic E-state index is 12.2. The molecule has 0 unspecified atom stereocenters. The maximum absolute atomic E-state index is 12.2. The molecular formula is C12H20N2O5. The van der Waals surface area contributed by atoms with Gasteiger partial charge in [-0.3, -0.25) is 9.59 Å². The second-order valence-corrected chi connectivity index (χ2v) is 4.82. The van der Waals surface area contributed by atoms with Gasteiger partial charge >= 0.3 is 18.0 Å². The summed E-state index contributed by atoms with van der Waals surface area (Å²) in [6.07, 6.45) is 2.91. The Labute approximate surface area is 111 Å². The number of hydrogen-bond acceptors (Lipinski definition) is 3. The molecule has 19 heavy (non-hydrogen) atoms. The van der Waals surface area contributed by atoms with Crippen LogP contribution >= 0.6 is 0 Å². The van der Waals surface area contributed by atoms with Crippen molar-refractivity contribution in [3.8, 4) is 0 Å². The fraction of sp³-hybridized carbons (Fsp3) is 0.750. The van der Waals surface area contributed by atoms with Crippen molar-refractivity contribution < 1.29 is 24.6 Å². The Bertz CT molecular complexity index is 338. The van der Waals surface area contributed by atoms with Crippen molar-refractivity contribution in [1.29, 1.82) is 0 Å². The van der Waals surface area contributed by atoms with E-state index in [1.54, 1.807) is 4.90 Å². The quantitative estimate of drug-likeness (QED) is 0.677. The van der Waals surface area contributed by atoms with Gasteiger partial charge in [0, 0.05) is 13.1 Å². The van der Waals surface area contributed by atoms with Crippen LogP contribution in [-0.4, -0.2) is 64.2 Å². The number of hydrogen-bond donors (Lipinski definition) is 2. The van der Waals surface area contributed by atoms with Gasteiger partial charge in [0.15, 0.2) is 0 Å². The molecule has 1 aliphatic carbocycles. The smallest absolute Gasteiger partial charge is 0.323 e. The van der Waals surface area contributed by atoms with E-state index in [2.05, 4.69) is 0 Å². The summed E-state index contributed by atoms with van der Waals surface area (Å²) in [6, 6.07) is -0.501. The molecule has 1 rings (SSSR count). The molecule has 1 saturated carbocycles. The highest BCUT2D eigenvalue weighted by atomic mass is 16.4. The van der Waals surface area contributed by atoms with Crippen molar-refractivity contribution in [2.75, 3.05) is 26.2 Å². The third kappa shape index (κ3) is 5.58. The van der Waals surface area contributed by atoms with Crippen molar-refractivity contribution in [2.45, 2.75) is 26.2 Å². The highest BCUT2D eigenvalue weighted by Crippen LogP contribution is 2.30. The van der Waals surface area contributed by atoms with Gasteiger partial charge in [0.25, 0.3) is 0 Å². The van der Waals surface area contributed by atoms with Crippen LogP contribution in [0.2, 0.25) is 0 Å². The van der Waals surface area contributed by atoms with Gasteiger partial charge in [-0.25, -0.2) is 4.79 Å². The van der Waals surface area contributed by atoms with Crippen LogP contribution in [0.4, 0.5) is 4.79 Å². The molecular weight excluding hydrogens is 252 g/mol. The Morgan fingerprint density at radius 1 is 1.05 bits per heavy atom. The molecule has 1 aliphatic rings. The van der Waals surface area contributed by atoms with Gasteiger partial charge in [-0.05, 0) is 25.2 Å². The van der Waals surface area contributed by atoms with E-state index in [1.807, 2.05) is 6.92 Å². The highest BCUT2D eigenvalue weighted by molar-refractivity contribution is 5.84. The van der Waals surface area contributed by atoms with Gasteiger partial charge in [0.05, 0.1) is 0 Å². The first kappa shape index (κ1) is 15.3. The van der Waals surface area contributed by atoms with Gasteiger partial charge in [0.1, 0.15) is 13.1 Å². The van der Waals surface area contributed by atoms with Gasteiger partial charge in [0.2, 0.25) is 0 Å². The Hall–Kier alpha value is -1.79. The Balaban J connectivity index is 2.68. The van der Waals surface area contributed by atoms with Crippen molar-refractivity contribution >= 4 is 18.0 Å². The lowest BCUT2D eigenvalue weighted by molar-refractivity contribution is -0.140. The topological polar surface area (TPSA) is 98.2 Å². The summed E-state index contributed by atoms with van der Waals surface area (Å²) in [6.45, 7) is 1.85. The molecule has 0 aliphatic heterocycles. The SMILES string of the molecule is CCCN(CC1CC1)C(=O)N(CC(=O)O)CC(=O)O. The zero-order chi connectivity index (χ0) is 14.4. The predicted octanol–water partition coefficient (Wildman–Crippen LogP) is 0.700. The molecule has 7 nitrogen and oxygen atoms in total. The van der Waals surface area contributed by atoms with Gasteiger partial charge in [-0.1, -0.05) is 6.92 Å². The number of nitrogens with zero attached hydrogens (tertiary/aromatic N) is 2. The molecule has 2 N–H and O–H groups in total. The summed E-state index contributed by atoms with van der Waals surface area (Å²) in [5.41, 5.74) is 0. The molecule has 0 aromatic rings. The first-order valence-electron chi connectivity index (χ1n) is 6.41. The zero-order valence-corrected chi connectivity index (χ0v) is 11.0. The van der Waals surface area contributed by atoms with E-state index in [4.69, 9.17) is 10.2 Å². The van der Waals surface area contributed by atoms with Crippen LogP contribution in [0.1, 0.15) is 26.2 Å². The molecule has 0 aromatic heterocycles. The lowest BCUT2D eigenvalue weighted by atomic mass is 10.3. The molecule has 0 radical (unpaired) electrons. The minimum absolute atomic E-state index is 0.479. The van der Waals surface area contributed by atoms with Crippen molar-refractivity contribution in [3.63, 3.8) is 0 Å². The van der Waals surface area contributed by atoms with Crippen molar-refractivity contribution in [1.82, 2.24) is 9.80 Å². The molecule has 1 fully saturated rings. The van der Waals surface area contributed by atoms with Crippen LogP contribution < -0.4 is 0 Å². The summed E-state index contributed by atoms with van der Waals surface area (Å²) in [7, 11) is 0. The number of carbonyl (C=O) groups is 3. The molecule has 0 saturated heterocycles. The van der Waals surface area contributed by atoms with E-state index in [9.17, 15) is 14.4 Å². The van der Waals surface area contributed by atoms with E-state index in [0.29, 0.717) is 19.0 Å². The van der Waals surface area contributed by atoms with Crippen LogP contribution in [0.5, 0.6) is 0 Å². The minimum atomic E-state index is -1.21. The fourth-order valence-electron chi connectivity index (χ4n) is 1.86. The van der Waals surface area contributed by atoms with Crippen LogP contribution in [0.3, 0.4) is 0 Å². The van der Waals surface area contributed by atoms with E-state index in [1.165, 1.54) is 0 Å². The second-order valence-electron chi connectivity index (χ2n) is 4.82. The van der Waals surface area contributed by atoms with Crippen LogP contribution in [-0.2, 0) is 9.59 Å². The summed E-state index contributed by atoms with van der Waals surface area (Å²) in [4.78, 5) is 36.0. The maximum Gasteiger partial charge on any atom is 0.323 e. The first-order valence-corrected chi connectivity index (χ1v) is 6.41. The Morgan fingerprint density at radius 2 is 1.58 bits per heavy atom. The highest BCUT2D eigenvalue weighted by Gasteiger charge is 2.30. The number of carboxylic acid groups (broad SMARTS) is 2. The summed E-state index contributed by atoms with van der Waals surface area (Å²) >= 11 is 0. The summed E-state index contributed by atoms with van der Waals surface area (Å²) < 4.78 is 0. The average molecular weight is 272 g/mol. The van der Waals surface area contributed by atoms with Gasteiger partial charge in [-0.2, -0.15) is 0 Å². The van der Waals surface area contributed by atoms with E-state index < -0.39 is 31.1 Å². The molecule has 0 bridgehead atoms. The van der Waals surface area contributed by atoms with Crippen LogP contribution in [0.15, 0.2) is 0 Å². The number of urea groups is 1. The Morgan fingerprint density at radius 3 is 1.95 bits per heavy atom. The largest absolute Gasteiger partial charge is 0.480 e. The Kier molecular flexibility index (Phi) is 5.59. The number of aliphatic carboxylic acids is 2. The first-order chi connectivity index (χ1) is 8.93. The standard InChI is InChI=1S/C12H20N2O5/c1-2-5-13(6-9-3-4-9)12(19)14(7-10(15)16)8-11(17)18/h9H,2-8H2,1H3,(H,15,16)(H,17,18). The molecule has 0 aromatic carbocycles. The van der Waals surface area contributed by atoms with E-state index in [-0.39, 0.29) is 0 Å². The van der Waals surface area contributed by atoms with E-state index in [0.717, 1.165) is 24.2 Å². The monoisotopic (exact) mass is 272 g/mol. The van der Waals surface area contributed by atoms with Gasteiger partial charge in [-0.15, -0.1) is 0 Å². The van der Waals surface area contributed by atoms with Gasteiger partial charge < -0.3 is 20.0 Å². The molecule has 2 amide bonds.